The number of rotatable bonds is 7. The number of alkyl halides is 3. The number of benzene rings is 1. The molecule has 1 aliphatic heterocycles. The smallest absolute Gasteiger partial charge is 0.406 e. The Morgan fingerprint density at radius 2 is 1.83 bits per heavy atom. The van der Waals surface area contributed by atoms with E-state index in [2.05, 4.69) is 24.9 Å². The Morgan fingerprint density at radius 3 is 2.53 bits per heavy atom. The summed E-state index contributed by atoms with van der Waals surface area (Å²) < 4.78 is 41.8. The summed E-state index contributed by atoms with van der Waals surface area (Å²) in [6.45, 7) is 2.35. The zero-order valence-corrected chi connectivity index (χ0v) is 20.3. The lowest BCUT2D eigenvalue weighted by Gasteiger charge is -2.58. The van der Waals surface area contributed by atoms with E-state index in [1.165, 1.54) is 31.4 Å². The van der Waals surface area contributed by atoms with Crippen LogP contribution in [0, 0.1) is 23.2 Å². The van der Waals surface area contributed by atoms with Crippen molar-refractivity contribution in [1.82, 2.24) is 14.9 Å². The van der Waals surface area contributed by atoms with E-state index >= 15 is 0 Å². The van der Waals surface area contributed by atoms with Crippen LogP contribution in [0.2, 0.25) is 0 Å². The molecule has 4 saturated carbocycles. The summed E-state index contributed by atoms with van der Waals surface area (Å²) in [6.07, 6.45) is 4.77. The number of ether oxygens (including phenoxy) is 1. The fourth-order valence-electron chi connectivity index (χ4n) is 7.79. The van der Waals surface area contributed by atoms with Crippen LogP contribution >= 0.6 is 0 Å². The van der Waals surface area contributed by atoms with Gasteiger partial charge in [0, 0.05) is 31.7 Å². The molecule has 7 rings (SSSR count). The number of aromatic nitrogens is 2. The van der Waals surface area contributed by atoms with E-state index < -0.39 is 6.36 Å². The number of hydrogen-bond donors (Lipinski definition) is 2. The number of aliphatic hydroxyl groups is 1. The van der Waals surface area contributed by atoms with Crippen LogP contribution in [0.5, 0.6) is 5.75 Å². The molecule has 4 aliphatic carbocycles. The molecule has 1 atom stereocenters. The van der Waals surface area contributed by atoms with Gasteiger partial charge in [-0.2, -0.15) is 0 Å². The van der Waals surface area contributed by atoms with E-state index in [1.807, 2.05) is 0 Å². The number of fused-ring (bicyclic) bond motifs is 1. The molecule has 2 heterocycles. The first-order valence-electron chi connectivity index (χ1n) is 13.1. The summed E-state index contributed by atoms with van der Waals surface area (Å²) in [7, 11) is 0. The van der Waals surface area contributed by atoms with Crippen LogP contribution in [0.1, 0.15) is 55.3 Å². The molecule has 5 aliphatic rings. The number of nitrogens with one attached hydrogen (secondary N) is 1. The van der Waals surface area contributed by atoms with Crippen molar-refractivity contribution in [3.63, 3.8) is 0 Å². The van der Waals surface area contributed by atoms with Crippen molar-refractivity contribution in [3.05, 3.63) is 47.4 Å². The maximum Gasteiger partial charge on any atom is 0.573 e. The summed E-state index contributed by atoms with van der Waals surface area (Å²) >= 11 is 0. The van der Waals surface area contributed by atoms with Gasteiger partial charge in [-0.3, -0.25) is 4.90 Å². The molecule has 194 valence electrons. The fourth-order valence-corrected chi connectivity index (χ4v) is 7.79. The summed E-state index contributed by atoms with van der Waals surface area (Å²) in [4.78, 5) is 11.1. The molecule has 36 heavy (non-hydrogen) atoms. The monoisotopic (exact) mass is 502 g/mol. The average Bonchev–Trinajstić information content (AvgIpc) is 2.80. The van der Waals surface area contributed by atoms with Gasteiger partial charge in [0.25, 0.3) is 0 Å². The average molecular weight is 503 g/mol. The number of hydrogen-bond acceptors (Lipinski definition) is 6. The third kappa shape index (κ3) is 4.92. The van der Waals surface area contributed by atoms with Crippen molar-refractivity contribution in [1.29, 1.82) is 0 Å². The van der Waals surface area contributed by atoms with E-state index in [9.17, 15) is 18.3 Å². The lowest BCUT2D eigenvalue weighted by molar-refractivity contribution is -0.274. The first-order chi connectivity index (χ1) is 17.2. The maximum absolute atomic E-state index is 12.6. The normalized spacial score (nSPS) is 30.2. The van der Waals surface area contributed by atoms with Gasteiger partial charge < -0.3 is 15.2 Å². The molecule has 2 N–H and O–H groups in total. The standard InChI is InChI=1S/C27H33F3N4O2/c28-27(29,30)36-21-3-1-2-17(9-21)14-34-5-4-22-23(15-34)32-16-33-25(22)31-13-24(35)26-10-18-6-19(11-26)8-20(7-18)12-26/h1-3,9,16,18-20,24,35H,4-8,10-15H2,(H,31,32,33). The van der Waals surface area contributed by atoms with Gasteiger partial charge in [-0.15, -0.1) is 13.2 Å². The number of anilines is 1. The third-order valence-electron chi connectivity index (χ3n) is 8.88. The molecule has 0 radical (unpaired) electrons. The summed E-state index contributed by atoms with van der Waals surface area (Å²) in [5.74, 6) is 2.98. The van der Waals surface area contributed by atoms with E-state index in [0.717, 1.165) is 72.6 Å². The molecule has 4 fully saturated rings. The second-order valence-corrected chi connectivity index (χ2v) is 11.5. The molecular weight excluding hydrogens is 469 g/mol. The Hall–Kier alpha value is -2.39. The van der Waals surface area contributed by atoms with Crippen molar-refractivity contribution in [2.45, 2.75) is 70.5 Å². The SMILES string of the molecule is OC(CNc1ncnc2c1CCN(Cc1cccc(OC(F)(F)F)c1)C2)C12CC3CC(CC(C3)C1)C2. The lowest BCUT2D eigenvalue weighted by atomic mass is 9.48. The van der Waals surface area contributed by atoms with Gasteiger partial charge in [0.15, 0.2) is 0 Å². The zero-order valence-electron chi connectivity index (χ0n) is 20.3. The zero-order chi connectivity index (χ0) is 24.9. The highest BCUT2D eigenvalue weighted by atomic mass is 19.4. The molecule has 2 aromatic rings. The Labute approximate surface area is 209 Å². The predicted molar refractivity (Wildman–Crippen MR) is 128 cm³/mol. The first-order valence-corrected chi connectivity index (χ1v) is 13.1. The molecule has 1 aromatic heterocycles. The topological polar surface area (TPSA) is 70.5 Å². The highest BCUT2D eigenvalue weighted by molar-refractivity contribution is 5.47. The summed E-state index contributed by atoms with van der Waals surface area (Å²) in [6, 6.07) is 6.12. The Bertz CT molecular complexity index is 1070. The number of aliphatic hydroxyl groups excluding tert-OH is 1. The van der Waals surface area contributed by atoms with Crippen LogP contribution in [-0.2, 0) is 19.5 Å². The molecule has 0 spiro atoms. The predicted octanol–water partition coefficient (Wildman–Crippen LogP) is 4.92. The van der Waals surface area contributed by atoms with Crippen molar-refractivity contribution < 1.29 is 23.0 Å². The van der Waals surface area contributed by atoms with Crippen LogP contribution in [0.15, 0.2) is 30.6 Å². The van der Waals surface area contributed by atoms with Crippen molar-refractivity contribution in [3.8, 4) is 5.75 Å². The van der Waals surface area contributed by atoms with Crippen LogP contribution in [0.3, 0.4) is 0 Å². The van der Waals surface area contributed by atoms with Crippen LogP contribution in [-0.4, -0.2) is 45.5 Å². The Kier molecular flexibility index (Phi) is 6.11. The van der Waals surface area contributed by atoms with E-state index in [-0.39, 0.29) is 17.3 Å². The Morgan fingerprint density at radius 1 is 1.11 bits per heavy atom. The van der Waals surface area contributed by atoms with Gasteiger partial charge in [0.05, 0.1) is 11.8 Å². The van der Waals surface area contributed by atoms with Gasteiger partial charge in [-0.05, 0) is 85.8 Å². The van der Waals surface area contributed by atoms with E-state index in [4.69, 9.17) is 0 Å². The second-order valence-electron chi connectivity index (χ2n) is 11.5. The van der Waals surface area contributed by atoms with Crippen LogP contribution in [0.4, 0.5) is 19.0 Å². The largest absolute Gasteiger partial charge is 0.573 e. The van der Waals surface area contributed by atoms with Gasteiger partial charge >= 0.3 is 6.36 Å². The minimum absolute atomic E-state index is 0.0655. The van der Waals surface area contributed by atoms with Crippen molar-refractivity contribution in [2.75, 3.05) is 18.4 Å². The summed E-state index contributed by atoms with van der Waals surface area (Å²) in [5.41, 5.74) is 2.81. The van der Waals surface area contributed by atoms with E-state index in [0.29, 0.717) is 19.6 Å². The highest BCUT2D eigenvalue weighted by Crippen LogP contribution is 2.61. The maximum atomic E-state index is 12.6. The highest BCUT2D eigenvalue weighted by Gasteiger charge is 2.53. The molecule has 9 heteroatoms. The third-order valence-corrected chi connectivity index (χ3v) is 8.88. The van der Waals surface area contributed by atoms with Crippen LogP contribution < -0.4 is 10.1 Å². The number of nitrogens with zero attached hydrogens (tertiary/aromatic N) is 3. The lowest BCUT2D eigenvalue weighted by Crippen LogP contribution is -2.53. The first kappa shape index (κ1) is 24.0. The Balaban J connectivity index is 1.09. The number of halogens is 3. The van der Waals surface area contributed by atoms with Gasteiger partial charge in [0.1, 0.15) is 17.9 Å². The second kappa shape index (κ2) is 9.17. The quantitative estimate of drug-likeness (QED) is 0.560. The van der Waals surface area contributed by atoms with Crippen molar-refractivity contribution >= 4 is 5.82 Å². The molecule has 4 bridgehead atoms. The molecule has 1 unspecified atom stereocenters. The fraction of sp³-hybridized carbons (Fsp3) is 0.630. The minimum atomic E-state index is -4.70. The van der Waals surface area contributed by atoms with E-state index in [1.54, 1.807) is 18.5 Å². The summed E-state index contributed by atoms with van der Waals surface area (Å²) in [5, 5.41) is 14.7. The molecule has 0 amide bonds. The minimum Gasteiger partial charge on any atom is -0.406 e. The van der Waals surface area contributed by atoms with Crippen LogP contribution in [0.25, 0.3) is 0 Å². The molecule has 1 aromatic carbocycles. The van der Waals surface area contributed by atoms with Gasteiger partial charge in [-0.25, -0.2) is 9.97 Å². The molecule has 6 nitrogen and oxygen atoms in total. The molecular formula is C27H33F3N4O2. The molecule has 0 saturated heterocycles. The van der Waals surface area contributed by atoms with Gasteiger partial charge in [-0.1, -0.05) is 12.1 Å². The van der Waals surface area contributed by atoms with Gasteiger partial charge in [0.2, 0.25) is 0 Å². The van der Waals surface area contributed by atoms with Crippen molar-refractivity contribution in [2.24, 2.45) is 23.2 Å².